The Bertz CT molecular complexity index is 908. The number of fused-ring (bicyclic) bond motifs is 1. The van der Waals surface area contributed by atoms with Gasteiger partial charge in [0, 0.05) is 48.4 Å². The van der Waals surface area contributed by atoms with E-state index in [9.17, 15) is 24.6 Å². The van der Waals surface area contributed by atoms with Crippen LogP contribution in [0.5, 0.6) is 5.75 Å². The van der Waals surface area contributed by atoms with Gasteiger partial charge < -0.3 is 24.3 Å². The number of amides is 1. The van der Waals surface area contributed by atoms with Crippen molar-refractivity contribution in [2.75, 3.05) is 13.1 Å². The molecule has 3 rings (SSSR count). The van der Waals surface area contributed by atoms with Crippen LogP contribution in [-0.2, 0) is 16.0 Å². The number of phenolic OH excluding ortho intramolecular Hbond substituents is 1. The zero-order chi connectivity index (χ0) is 18.8. The molecule has 1 saturated heterocycles. The minimum absolute atomic E-state index is 0.0166. The number of carboxylic acid groups (broad SMARTS) is 1. The molecule has 138 valence electrons. The third-order valence-electron chi connectivity index (χ3n) is 5.04. The molecule has 7 nitrogen and oxygen atoms in total. The molecule has 1 aromatic heterocycles. The molecule has 2 heterocycles. The van der Waals surface area contributed by atoms with E-state index in [4.69, 9.17) is 4.42 Å². The van der Waals surface area contributed by atoms with E-state index in [0.717, 1.165) is 10.9 Å². The summed E-state index contributed by atoms with van der Waals surface area (Å²) in [5.41, 5.74) is 0.983. The van der Waals surface area contributed by atoms with Gasteiger partial charge in [-0.2, -0.15) is 0 Å². The largest absolute Gasteiger partial charge is 0.550 e. The summed E-state index contributed by atoms with van der Waals surface area (Å²) in [5, 5.41) is 21.1. The fraction of sp³-hybridized carbons (Fsp3) is 0.421. The average molecular weight is 358 g/mol. The van der Waals surface area contributed by atoms with Gasteiger partial charge in [0.05, 0.1) is 0 Å². The molecule has 0 spiro atoms. The molecule has 1 aliphatic rings. The van der Waals surface area contributed by atoms with E-state index in [-0.39, 0.29) is 24.5 Å². The number of aryl methyl sites for hydroxylation is 1. The van der Waals surface area contributed by atoms with E-state index in [1.54, 1.807) is 17.9 Å². The van der Waals surface area contributed by atoms with Crippen molar-refractivity contribution in [1.82, 2.24) is 4.90 Å². The third kappa shape index (κ3) is 3.56. The van der Waals surface area contributed by atoms with E-state index in [0.29, 0.717) is 37.1 Å². The molecule has 1 amide bonds. The van der Waals surface area contributed by atoms with Crippen molar-refractivity contribution in [1.29, 1.82) is 0 Å². The summed E-state index contributed by atoms with van der Waals surface area (Å²) in [4.78, 5) is 37.1. The van der Waals surface area contributed by atoms with Gasteiger partial charge >= 0.3 is 5.63 Å². The number of carbonyl (C=O) groups is 2. The van der Waals surface area contributed by atoms with Crippen molar-refractivity contribution in [2.24, 2.45) is 5.92 Å². The zero-order valence-corrected chi connectivity index (χ0v) is 14.5. The van der Waals surface area contributed by atoms with Gasteiger partial charge in [-0.3, -0.25) is 4.79 Å². The van der Waals surface area contributed by atoms with Crippen LogP contribution in [0.3, 0.4) is 0 Å². The van der Waals surface area contributed by atoms with Gasteiger partial charge in [0.2, 0.25) is 5.91 Å². The van der Waals surface area contributed by atoms with Crippen molar-refractivity contribution in [2.45, 2.75) is 32.6 Å². The number of piperidine rings is 1. The Labute approximate surface area is 149 Å². The van der Waals surface area contributed by atoms with Crippen molar-refractivity contribution in [3.05, 3.63) is 39.7 Å². The van der Waals surface area contributed by atoms with Crippen LogP contribution >= 0.6 is 0 Å². The molecule has 7 heteroatoms. The molecule has 0 bridgehead atoms. The van der Waals surface area contributed by atoms with Gasteiger partial charge in [0.25, 0.3) is 0 Å². The first-order valence-electron chi connectivity index (χ1n) is 8.60. The molecular weight excluding hydrogens is 338 g/mol. The smallest absolute Gasteiger partial charge is 0.339 e. The highest BCUT2D eigenvalue weighted by atomic mass is 16.4. The maximum absolute atomic E-state index is 12.4. The summed E-state index contributed by atoms with van der Waals surface area (Å²) in [5.74, 6) is -1.65. The van der Waals surface area contributed by atoms with Crippen molar-refractivity contribution in [3.8, 4) is 5.75 Å². The number of hydrogen-bond donors (Lipinski definition) is 1. The van der Waals surface area contributed by atoms with Gasteiger partial charge in [-0.15, -0.1) is 0 Å². The van der Waals surface area contributed by atoms with Crippen LogP contribution in [0.1, 0.15) is 30.4 Å². The van der Waals surface area contributed by atoms with Crippen LogP contribution in [0.15, 0.2) is 27.4 Å². The van der Waals surface area contributed by atoms with Crippen LogP contribution in [0, 0.1) is 12.8 Å². The van der Waals surface area contributed by atoms with Crippen LogP contribution in [0.25, 0.3) is 11.0 Å². The number of phenols is 1. The zero-order valence-electron chi connectivity index (χ0n) is 14.5. The average Bonchev–Trinajstić information content (AvgIpc) is 2.61. The third-order valence-corrected chi connectivity index (χ3v) is 5.04. The molecule has 26 heavy (non-hydrogen) atoms. The summed E-state index contributed by atoms with van der Waals surface area (Å²) in [6.07, 6.45) is 1.21. The molecule has 0 atom stereocenters. The predicted octanol–water partition coefficient (Wildman–Crippen LogP) is 0.728. The normalized spacial score (nSPS) is 15.3. The standard InChI is InChI=1S/C19H21NO6/c1-11-14-3-2-13(21)10-16(14)26-19(25)15(11)4-5-17(22)20-8-6-12(7-9-20)18(23)24/h2-3,10,12,21H,4-9H2,1H3,(H,23,24)/p-1. The second-order valence-corrected chi connectivity index (χ2v) is 6.65. The van der Waals surface area contributed by atoms with Gasteiger partial charge in [0.1, 0.15) is 11.3 Å². The van der Waals surface area contributed by atoms with Crippen LogP contribution in [0.2, 0.25) is 0 Å². The summed E-state index contributed by atoms with van der Waals surface area (Å²) >= 11 is 0. The number of hydrogen-bond acceptors (Lipinski definition) is 6. The Kier molecular flexibility index (Phi) is 4.97. The first kappa shape index (κ1) is 18.0. The second-order valence-electron chi connectivity index (χ2n) is 6.65. The van der Waals surface area contributed by atoms with E-state index >= 15 is 0 Å². The summed E-state index contributed by atoms with van der Waals surface area (Å²) in [6.45, 7) is 2.57. The molecule has 1 aliphatic heterocycles. The Morgan fingerprint density at radius 1 is 1.31 bits per heavy atom. The molecular formula is C19H20NO6-. The SMILES string of the molecule is Cc1c(CCC(=O)N2CCC(C(=O)[O-])CC2)c(=O)oc2cc(O)ccc12. The number of carbonyl (C=O) groups excluding carboxylic acids is 2. The van der Waals surface area contributed by atoms with E-state index in [2.05, 4.69) is 0 Å². The Balaban J connectivity index is 1.70. The predicted molar refractivity (Wildman–Crippen MR) is 91.5 cm³/mol. The number of aliphatic carboxylic acids is 1. The van der Waals surface area contributed by atoms with Crippen LogP contribution in [-0.4, -0.2) is 35.0 Å². The highest BCUT2D eigenvalue weighted by Gasteiger charge is 2.23. The molecule has 1 aromatic carbocycles. The maximum atomic E-state index is 12.4. The number of benzene rings is 1. The highest BCUT2D eigenvalue weighted by Crippen LogP contribution is 2.24. The quantitative estimate of drug-likeness (QED) is 0.807. The van der Waals surface area contributed by atoms with Gasteiger partial charge in [-0.05, 0) is 43.9 Å². The number of likely N-dealkylation sites (tertiary alicyclic amines) is 1. The highest BCUT2D eigenvalue weighted by molar-refractivity contribution is 5.82. The lowest BCUT2D eigenvalue weighted by Crippen LogP contribution is -2.43. The molecule has 0 aliphatic carbocycles. The first-order valence-corrected chi connectivity index (χ1v) is 8.60. The van der Waals surface area contributed by atoms with Crippen LogP contribution in [0.4, 0.5) is 0 Å². The Morgan fingerprint density at radius 3 is 2.65 bits per heavy atom. The van der Waals surface area contributed by atoms with E-state index in [1.807, 2.05) is 0 Å². The van der Waals surface area contributed by atoms with Gasteiger partial charge in [-0.25, -0.2) is 4.79 Å². The molecule has 2 aromatic rings. The minimum atomic E-state index is -1.06. The van der Waals surface area contributed by atoms with Gasteiger partial charge in [-0.1, -0.05) is 0 Å². The molecule has 1 N–H and O–H groups in total. The monoisotopic (exact) mass is 358 g/mol. The summed E-state index contributed by atoms with van der Waals surface area (Å²) < 4.78 is 5.26. The summed E-state index contributed by atoms with van der Waals surface area (Å²) in [7, 11) is 0. The topological polar surface area (TPSA) is 111 Å². The Hall–Kier alpha value is -2.83. The van der Waals surface area contributed by atoms with Crippen molar-refractivity contribution < 1.29 is 24.2 Å². The van der Waals surface area contributed by atoms with E-state index < -0.39 is 17.5 Å². The molecule has 0 radical (unpaired) electrons. The fourth-order valence-electron chi connectivity index (χ4n) is 3.43. The molecule has 1 fully saturated rings. The minimum Gasteiger partial charge on any atom is -0.550 e. The van der Waals surface area contributed by atoms with Crippen molar-refractivity contribution in [3.63, 3.8) is 0 Å². The number of aromatic hydroxyl groups is 1. The number of rotatable bonds is 4. The van der Waals surface area contributed by atoms with Crippen LogP contribution < -0.4 is 10.7 Å². The lowest BCUT2D eigenvalue weighted by atomic mass is 9.96. The first-order chi connectivity index (χ1) is 12.4. The second kappa shape index (κ2) is 7.19. The van der Waals surface area contributed by atoms with Gasteiger partial charge in [0.15, 0.2) is 0 Å². The fourth-order valence-corrected chi connectivity index (χ4v) is 3.43. The molecule has 0 saturated carbocycles. The lowest BCUT2D eigenvalue weighted by molar-refractivity contribution is -0.312. The van der Waals surface area contributed by atoms with Crippen molar-refractivity contribution >= 4 is 22.8 Å². The Morgan fingerprint density at radius 2 is 2.00 bits per heavy atom. The number of carboxylic acids is 1. The maximum Gasteiger partial charge on any atom is 0.339 e. The number of nitrogens with zero attached hydrogens (tertiary/aromatic N) is 1. The molecule has 0 unspecified atom stereocenters. The van der Waals surface area contributed by atoms with E-state index in [1.165, 1.54) is 12.1 Å². The lowest BCUT2D eigenvalue weighted by Gasteiger charge is -2.32. The summed E-state index contributed by atoms with van der Waals surface area (Å²) in [6, 6.07) is 4.59.